The Kier molecular flexibility index (Phi) is 6.20. The first-order valence-corrected chi connectivity index (χ1v) is 6.79. The fraction of sp³-hybridized carbons (Fsp3) is 0.818. The maximum absolute atomic E-state index is 12.1. The molecule has 0 saturated carbocycles. The van der Waals surface area contributed by atoms with E-state index in [-0.39, 0.29) is 18.1 Å². The van der Waals surface area contributed by atoms with Crippen molar-refractivity contribution >= 4 is 7.60 Å². The predicted molar refractivity (Wildman–Crippen MR) is 62.7 cm³/mol. The molecule has 0 spiro atoms. The minimum Gasteiger partial charge on any atom is -0.297 e. The maximum atomic E-state index is 12.1. The predicted octanol–water partition coefficient (Wildman–Crippen LogP) is 3.65. The summed E-state index contributed by atoms with van der Waals surface area (Å²) < 4.78 is 22.6. The highest BCUT2D eigenvalue weighted by Crippen LogP contribution is 2.49. The van der Waals surface area contributed by atoms with Crippen molar-refractivity contribution in [3.63, 3.8) is 0 Å². The molecular formula is C11H21O3P. The van der Waals surface area contributed by atoms with Gasteiger partial charge in [-0.25, -0.2) is 4.57 Å². The molecule has 0 aromatic heterocycles. The molecule has 0 aliphatic heterocycles. The van der Waals surface area contributed by atoms with Crippen LogP contribution in [0.3, 0.4) is 0 Å². The first-order valence-electron chi connectivity index (χ1n) is 5.25. The summed E-state index contributed by atoms with van der Waals surface area (Å²) in [6.45, 7) is 11.1. The van der Waals surface area contributed by atoms with Crippen LogP contribution in [0.4, 0.5) is 0 Å². The largest absolute Gasteiger partial charge is 0.406 e. The molecule has 0 amide bonds. The lowest BCUT2D eigenvalue weighted by molar-refractivity contribution is 0.150. The van der Waals surface area contributed by atoms with E-state index in [1.807, 2.05) is 41.5 Å². The summed E-state index contributed by atoms with van der Waals surface area (Å²) in [5.74, 6) is 2.99. The van der Waals surface area contributed by atoms with Gasteiger partial charge in [-0.3, -0.25) is 9.05 Å². The molecule has 0 N–H and O–H groups in total. The highest BCUT2D eigenvalue weighted by molar-refractivity contribution is 7.59. The molecule has 3 nitrogen and oxygen atoms in total. The first-order chi connectivity index (χ1) is 6.75. The number of hydrogen-bond acceptors (Lipinski definition) is 3. The Morgan fingerprint density at radius 3 is 1.60 bits per heavy atom. The van der Waals surface area contributed by atoms with E-state index < -0.39 is 7.60 Å². The third-order valence-corrected chi connectivity index (χ3v) is 2.99. The van der Waals surface area contributed by atoms with E-state index in [2.05, 4.69) is 11.6 Å². The van der Waals surface area contributed by atoms with Crippen molar-refractivity contribution in [1.29, 1.82) is 0 Å². The van der Waals surface area contributed by atoms with Crippen molar-refractivity contribution in [2.24, 2.45) is 5.92 Å². The van der Waals surface area contributed by atoms with Crippen molar-refractivity contribution in [2.45, 2.75) is 53.8 Å². The van der Waals surface area contributed by atoms with Gasteiger partial charge in [0.15, 0.2) is 0 Å². The Labute approximate surface area is 93.1 Å². The Hall–Kier alpha value is -0.290. The molecule has 0 aromatic carbocycles. The Balaban J connectivity index is 4.73. The van der Waals surface area contributed by atoms with Crippen LogP contribution < -0.4 is 0 Å². The molecule has 0 bridgehead atoms. The lowest BCUT2D eigenvalue weighted by atomic mass is 10.2. The van der Waals surface area contributed by atoms with Crippen LogP contribution in [0.5, 0.6) is 0 Å². The molecule has 88 valence electrons. The van der Waals surface area contributed by atoms with E-state index in [4.69, 9.17) is 9.05 Å². The van der Waals surface area contributed by atoms with Gasteiger partial charge in [0.1, 0.15) is 0 Å². The van der Waals surface area contributed by atoms with Gasteiger partial charge in [-0.15, -0.1) is 0 Å². The molecule has 0 aromatic rings. The average molecular weight is 232 g/mol. The van der Waals surface area contributed by atoms with Gasteiger partial charge in [-0.05, 0) is 27.7 Å². The topological polar surface area (TPSA) is 35.5 Å². The van der Waals surface area contributed by atoms with Gasteiger partial charge >= 0.3 is 7.60 Å². The lowest BCUT2D eigenvalue weighted by Crippen LogP contribution is -2.06. The minimum absolute atomic E-state index is 0.156. The van der Waals surface area contributed by atoms with Crippen LogP contribution >= 0.6 is 7.60 Å². The van der Waals surface area contributed by atoms with Gasteiger partial charge in [0.05, 0.1) is 12.2 Å². The summed E-state index contributed by atoms with van der Waals surface area (Å²) in [5.41, 5.74) is 2.62. The molecule has 0 aliphatic rings. The molecule has 0 aliphatic carbocycles. The maximum Gasteiger partial charge on any atom is 0.406 e. The van der Waals surface area contributed by atoms with Crippen molar-refractivity contribution in [1.82, 2.24) is 0 Å². The van der Waals surface area contributed by atoms with Crippen LogP contribution in [0.2, 0.25) is 0 Å². The van der Waals surface area contributed by atoms with Crippen LogP contribution in [-0.4, -0.2) is 12.2 Å². The van der Waals surface area contributed by atoms with E-state index in [0.717, 1.165) is 0 Å². The lowest BCUT2D eigenvalue weighted by Gasteiger charge is -2.17. The van der Waals surface area contributed by atoms with Gasteiger partial charge in [0.25, 0.3) is 0 Å². The SMILES string of the molecule is CC(C)C#CP(=O)(OC(C)C)OC(C)C. The van der Waals surface area contributed by atoms with Crippen LogP contribution in [0.1, 0.15) is 41.5 Å². The third kappa shape index (κ3) is 7.62. The summed E-state index contributed by atoms with van der Waals surface area (Å²) in [4.78, 5) is 0. The Morgan fingerprint density at radius 2 is 1.33 bits per heavy atom. The summed E-state index contributed by atoms with van der Waals surface area (Å²) >= 11 is 0. The number of rotatable bonds is 4. The molecule has 0 rings (SSSR count). The highest BCUT2D eigenvalue weighted by Gasteiger charge is 2.24. The van der Waals surface area contributed by atoms with Crippen LogP contribution in [0, 0.1) is 17.5 Å². The van der Waals surface area contributed by atoms with Gasteiger partial charge in [0, 0.05) is 11.6 Å². The van der Waals surface area contributed by atoms with Crippen molar-refractivity contribution in [2.75, 3.05) is 0 Å². The molecule has 0 atom stereocenters. The molecular weight excluding hydrogens is 211 g/mol. The zero-order chi connectivity index (χ0) is 12.1. The van der Waals surface area contributed by atoms with E-state index >= 15 is 0 Å². The quantitative estimate of drug-likeness (QED) is 0.548. The monoisotopic (exact) mass is 232 g/mol. The second kappa shape index (κ2) is 6.33. The summed E-state index contributed by atoms with van der Waals surface area (Å²) in [6, 6.07) is 0. The fourth-order valence-electron chi connectivity index (χ4n) is 0.841. The van der Waals surface area contributed by atoms with E-state index in [9.17, 15) is 4.57 Å². The van der Waals surface area contributed by atoms with Crippen molar-refractivity contribution in [3.8, 4) is 11.6 Å². The smallest absolute Gasteiger partial charge is 0.297 e. The highest BCUT2D eigenvalue weighted by atomic mass is 31.2. The van der Waals surface area contributed by atoms with Gasteiger partial charge in [-0.1, -0.05) is 19.8 Å². The molecule has 15 heavy (non-hydrogen) atoms. The number of hydrogen-bond donors (Lipinski definition) is 0. The van der Waals surface area contributed by atoms with E-state index in [1.54, 1.807) is 0 Å². The van der Waals surface area contributed by atoms with Crippen LogP contribution in [-0.2, 0) is 13.6 Å². The molecule has 0 heterocycles. The molecule has 0 saturated heterocycles. The average Bonchev–Trinajstić information content (AvgIpc) is 1.97. The first kappa shape index (κ1) is 14.7. The minimum atomic E-state index is -3.25. The van der Waals surface area contributed by atoms with Crippen molar-refractivity contribution in [3.05, 3.63) is 0 Å². The fourth-order valence-corrected chi connectivity index (χ4v) is 2.52. The van der Waals surface area contributed by atoms with Gasteiger partial charge in [0.2, 0.25) is 0 Å². The summed E-state index contributed by atoms with van der Waals surface area (Å²) in [7, 11) is -3.25. The summed E-state index contributed by atoms with van der Waals surface area (Å²) in [5, 5.41) is 0. The molecule has 0 fully saturated rings. The van der Waals surface area contributed by atoms with Crippen LogP contribution in [0.15, 0.2) is 0 Å². The van der Waals surface area contributed by atoms with E-state index in [1.165, 1.54) is 0 Å². The van der Waals surface area contributed by atoms with Crippen molar-refractivity contribution < 1.29 is 13.6 Å². The molecule has 4 heteroatoms. The second-order valence-electron chi connectivity index (χ2n) is 4.22. The Morgan fingerprint density at radius 1 is 0.933 bits per heavy atom. The normalized spacial score (nSPS) is 12.1. The molecule has 0 radical (unpaired) electrons. The Bertz CT molecular complexity index is 270. The van der Waals surface area contributed by atoms with E-state index in [0.29, 0.717) is 0 Å². The second-order valence-corrected chi connectivity index (χ2v) is 5.86. The zero-order valence-corrected chi connectivity index (χ0v) is 11.3. The van der Waals surface area contributed by atoms with Gasteiger partial charge in [-0.2, -0.15) is 0 Å². The third-order valence-electron chi connectivity index (χ3n) is 1.19. The zero-order valence-electron chi connectivity index (χ0n) is 10.4. The summed E-state index contributed by atoms with van der Waals surface area (Å²) in [6.07, 6.45) is -0.313. The molecule has 0 unspecified atom stereocenters. The van der Waals surface area contributed by atoms with Gasteiger partial charge < -0.3 is 0 Å². The standard InChI is InChI=1S/C11H21O3P/c1-9(2)7-8-15(12,13-10(3)4)14-11(5)6/h9-11H,1-6H3. The van der Waals surface area contributed by atoms with Crippen LogP contribution in [0.25, 0.3) is 0 Å².